The Morgan fingerprint density at radius 3 is 1.80 bits per heavy atom. The second kappa shape index (κ2) is 11.6. The van der Waals surface area contributed by atoms with Crippen LogP contribution in [0, 0.1) is 35.5 Å². The number of halogens is 6. The predicted molar refractivity (Wildman–Crippen MR) is 135 cm³/mol. The Morgan fingerprint density at radius 2 is 1.37 bits per heavy atom. The largest absolute Gasteiger partial charge is 0.495 e. The van der Waals surface area contributed by atoms with Crippen molar-refractivity contribution in [3.63, 3.8) is 0 Å². The van der Waals surface area contributed by atoms with Crippen molar-refractivity contribution >= 4 is 23.3 Å². The zero-order valence-electron chi connectivity index (χ0n) is 23.6. The second-order valence-electron chi connectivity index (χ2n) is 12.3. The van der Waals surface area contributed by atoms with E-state index in [0.717, 1.165) is 6.42 Å². The highest BCUT2D eigenvalue weighted by Gasteiger charge is 2.72. The minimum absolute atomic E-state index is 0.0525. The molecule has 8 nitrogen and oxygen atoms in total. The maximum absolute atomic E-state index is 13.4. The molecule has 0 aromatic carbocycles. The van der Waals surface area contributed by atoms with Crippen LogP contribution in [-0.2, 0) is 26.9 Å². The summed E-state index contributed by atoms with van der Waals surface area (Å²) in [7, 11) is -2.04. The summed E-state index contributed by atoms with van der Waals surface area (Å²) in [5.41, 5.74) is -5.05. The molecule has 0 radical (unpaired) electrons. The lowest BCUT2D eigenvalue weighted by Gasteiger charge is -2.46. The van der Waals surface area contributed by atoms with Crippen LogP contribution < -0.4 is 0 Å². The number of aliphatic hydroxyl groups excluding tert-OH is 1. The van der Waals surface area contributed by atoms with E-state index in [4.69, 9.17) is 27.2 Å². The Morgan fingerprint density at radius 1 is 0.805 bits per heavy atom. The van der Waals surface area contributed by atoms with Gasteiger partial charge < -0.3 is 32.3 Å². The highest BCUT2D eigenvalue weighted by Crippen LogP contribution is 2.63. The summed E-state index contributed by atoms with van der Waals surface area (Å²) in [6.07, 6.45) is -10.2. The van der Waals surface area contributed by atoms with Gasteiger partial charge >= 0.3 is 35.7 Å². The molecule has 0 heterocycles. The molecular formula is C25H40F6O8Si2. The zero-order valence-corrected chi connectivity index (χ0v) is 25.6. The molecule has 4 aliphatic rings. The van der Waals surface area contributed by atoms with Gasteiger partial charge in [0.1, 0.15) is 6.61 Å². The first-order valence-electron chi connectivity index (χ1n) is 14.0. The van der Waals surface area contributed by atoms with Gasteiger partial charge in [0.25, 0.3) is 5.60 Å². The van der Waals surface area contributed by atoms with Crippen molar-refractivity contribution in [1.29, 1.82) is 0 Å². The Hall–Kier alpha value is -0.756. The van der Waals surface area contributed by atoms with E-state index in [1.807, 2.05) is 6.55 Å². The number of esters is 1. The van der Waals surface area contributed by atoms with Crippen LogP contribution in [0.25, 0.3) is 0 Å². The smallest absolute Gasteiger partial charge is 0.463 e. The number of carbonyl (C=O) groups excluding carboxylic acids is 1. The molecule has 0 spiro atoms. The molecular weight excluding hydrogens is 598 g/mol. The maximum Gasteiger partial charge on any atom is 0.495 e. The summed E-state index contributed by atoms with van der Waals surface area (Å²) in [5, 5.41) is 18.7. The zero-order chi connectivity index (χ0) is 30.6. The van der Waals surface area contributed by atoms with Crippen LogP contribution in [0.3, 0.4) is 0 Å². The van der Waals surface area contributed by atoms with Gasteiger partial charge in [-0.1, -0.05) is 0 Å². The second-order valence-corrected chi connectivity index (χ2v) is 19.1. The number of ether oxygens (including phenoxy) is 1. The number of hydrogen-bond acceptors (Lipinski definition) is 8. The molecule has 0 saturated heterocycles. The summed E-state index contributed by atoms with van der Waals surface area (Å²) in [5.74, 6) is -2.04. The first-order valence-corrected chi connectivity index (χ1v) is 18.2. The van der Waals surface area contributed by atoms with Gasteiger partial charge in [-0.05, 0) is 81.1 Å². The van der Waals surface area contributed by atoms with Crippen LogP contribution in [0.1, 0.15) is 44.9 Å². The average Bonchev–Trinajstić information content (AvgIpc) is 3.70. The van der Waals surface area contributed by atoms with Gasteiger partial charge in [0.05, 0.1) is 12.5 Å². The van der Waals surface area contributed by atoms with Crippen molar-refractivity contribution in [3.05, 3.63) is 0 Å². The van der Waals surface area contributed by atoms with E-state index in [-0.39, 0.29) is 60.4 Å². The van der Waals surface area contributed by atoms with Gasteiger partial charge in [-0.25, -0.2) is 0 Å². The fourth-order valence-corrected chi connectivity index (χ4v) is 17.3. The molecule has 4 fully saturated rings. The van der Waals surface area contributed by atoms with Crippen molar-refractivity contribution in [3.8, 4) is 0 Å². The molecule has 238 valence electrons. The lowest BCUT2D eigenvalue weighted by atomic mass is 9.79. The number of rotatable bonds is 12. The maximum atomic E-state index is 13.4. The van der Waals surface area contributed by atoms with Crippen LogP contribution in [0.15, 0.2) is 0 Å². The van der Waals surface area contributed by atoms with Crippen molar-refractivity contribution in [2.24, 2.45) is 35.5 Å². The van der Waals surface area contributed by atoms with Gasteiger partial charge in [-0.15, -0.1) is 0 Å². The molecule has 16 heteroatoms. The van der Waals surface area contributed by atoms with E-state index in [2.05, 4.69) is 0 Å². The van der Waals surface area contributed by atoms with Crippen molar-refractivity contribution < 1.29 is 63.5 Å². The Bertz CT molecular complexity index is 936. The molecule has 0 aromatic rings. The fraction of sp³-hybridized carbons (Fsp3) is 0.960. The Balaban J connectivity index is 1.46. The van der Waals surface area contributed by atoms with Crippen molar-refractivity contribution in [2.75, 3.05) is 34.5 Å². The fourth-order valence-electron chi connectivity index (χ4n) is 8.41. The quantitative estimate of drug-likeness (QED) is 0.182. The van der Waals surface area contributed by atoms with Crippen LogP contribution in [-0.4, -0.2) is 86.0 Å². The predicted octanol–water partition coefficient (Wildman–Crippen LogP) is 4.57. The van der Waals surface area contributed by atoms with Crippen molar-refractivity contribution in [1.82, 2.24) is 0 Å². The van der Waals surface area contributed by atoms with Crippen LogP contribution in [0.5, 0.6) is 0 Å². The molecule has 9 unspecified atom stereocenters. The summed E-state index contributed by atoms with van der Waals surface area (Å²) in [6, 6.07) is 0. The highest BCUT2D eigenvalue weighted by molar-refractivity contribution is 6.79. The van der Waals surface area contributed by atoms with Gasteiger partial charge in [0.15, 0.2) is 0 Å². The first kappa shape index (κ1) is 33.1. The van der Waals surface area contributed by atoms with Crippen LogP contribution in [0.2, 0.25) is 17.6 Å². The van der Waals surface area contributed by atoms with Crippen LogP contribution in [0.4, 0.5) is 26.3 Å². The summed E-state index contributed by atoms with van der Waals surface area (Å²) >= 11 is 0. The normalized spacial score (nSPS) is 35.2. The summed E-state index contributed by atoms with van der Waals surface area (Å²) < 4.78 is 110. The van der Waals surface area contributed by atoms with E-state index in [1.165, 1.54) is 21.3 Å². The molecule has 9 atom stereocenters. The number of carbonyl (C=O) groups is 1. The monoisotopic (exact) mass is 638 g/mol. The van der Waals surface area contributed by atoms with E-state index < -0.39 is 53.6 Å². The van der Waals surface area contributed by atoms with E-state index in [1.54, 1.807) is 0 Å². The van der Waals surface area contributed by atoms with Gasteiger partial charge in [0, 0.05) is 32.4 Å². The molecule has 0 aromatic heterocycles. The first-order chi connectivity index (χ1) is 19.0. The van der Waals surface area contributed by atoms with Gasteiger partial charge in [-0.3, -0.25) is 4.79 Å². The molecule has 2 N–H and O–H groups in total. The Labute approximate surface area is 237 Å². The van der Waals surface area contributed by atoms with E-state index in [9.17, 15) is 36.2 Å². The number of alkyl halides is 6. The molecule has 41 heavy (non-hydrogen) atoms. The molecule has 4 saturated carbocycles. The number of aliphatic hydroxyl groups is 2. The molecule has 4 rings (SSSR count). The number of hydrogen-bond donors (Lipinski definition) is 2. The standard InChI is InChI=1S/C25H40F6O8Si2/c1-35-40(4,20-11-14-7-16(20)9-18(14)13-23(34,24(26,27)28)25(29,30)31)39-41(36-2,37-3)21-12-15-8-17(21)10-19(15)22(33)38-6-5-32/h14-21,32,34H,5-13H2,1-4H3. The molecule has 0 amide bonds. The molecule has 4 bridgehead atoms. The van der Waals surface area contributed by atoms with Gasteiger partial charge in [-0.2, -0.15) is 26.3 Å². The van der Waals surface area contributed by atoms with Crippen molar-refractivity contribution in [2.45, 2.75) is 80.5 Å². The third-order valence-electron chi connectivity index (χ3n) is 10.4. The topological polar surface area (TPSA) is 104 Å². The SMILES string of the molecule is CO[Si](C)(O[Si](OC)(OC)C1CC2CC1CC2C(=O)OCCO)C1CC2CC1CC2CC(O)(C(F)(F)F)C(F)(F)F. The summed E-state index contributed by atoms with van der Waals surface area (Å²) in [4.78, 5) is 12.5. The molecule has 0 aliphatic heterocycles. The summed E-state index contributed by atoms with van der Waals surface area (Å²) in [6.45, 7) is 1.54. The van der Waals surface area contributed by atoms with Crippen LogP contribution >= 0.6 is 0 Å². The lowest BCUT2D eigenvalue weighted by Crippen LogP contribution is -2.61. The third-order valence-corrected chi connectivity index (χ3v) is 18.8. The third kappa shape index (κ3) is 5.76. The number of fused-ring (bicyclic) bond motifs is 4. The van der Waals surface area contributed by atoms with E-state index >= 15 is 0 Å². The highest BCUT2D eigenvalue weighted by atomic mass is 28.5. The minimum atomic E-state index is -5.83. The molecule has 4 aliphatic carbocycles. The van der Waals surface area contributed by atoms with E-state index in [0.29, 0.717) is 25.7 Å². The Kier molecular flexibility index (Phi) is 9.40. The average molecular weight is 639 g/mol. The lowest BCUT2D eigenvalue weighted by molar-refractivity contribution is -0.373. The minimum Gasteiger partial charge on any atom is -0.463 e. The van der Waals surface area contributed by atoms with Gasteiger partial charge in [0.2, 0.25) is 0 Å².